The topological polar surface area (TPSA) is 45.5 Å². The van der Waals surface area contributed by atoms with Crippen molar-refractivity contribution in [3.8, 4) is 34.4 Å². The van der Waals surface area contributed by atoms with E-state index in [4.69, 9.17) is 12.7 Å². The summed E-state index contributed by atoms with van der Waals surface area (Å²) in [5.74, 6) is 0.850. The first-order valence-corrected chi connectivity index (χ1v) is 21.2. The maximum Gasteiger partial charge on any atom is 0.168 e. The Balaban J connectivity index is 1.24. The van der Waals surface area contributed by atoms with E-state index in [0.717, 1.165) is 65.4 Å². The Labute approximate surface area is 376 Å². The molecule has 14 aromatic rings. The van der Waals surface area contributed by atoms with Crippen molar-refractivity contribution < 1.29 is 9.60 Å². The molecule has 9 aromatic carbocycles. The van der Waals surface area contributed by atoms with Crippen molar-refractivity contribution in [1.82, 2.24) is 28.2 Å². The summed E-state index contributed by atoms with van der Waals surface area (Å²) in [5.41, 5.74) is 6.62. The lowest BCUT2D eigenvalue weighted by molar-refractivity contribution is 0.987. The second-order valence-electron chi connectivity index (χ2n) is 16.0. The molecule has 0 radical (unpaired) electrons. The Morgan fingerprint density at radius 3 is 1.00 bits per heavy atom. The lowest BCUT2D eigenvalue weighted by atomic mass is 10.1. The molecular weight excluding hydrogens is 781 g/mol. The van der Waals surface area contributed by atoms with Gasteiger partial charge in [-0.25, -0.2) is 9.97 Å². The van der Waals surface area contributed by atoms with Crippen molar-refractivity contribution in [1.29, 1.82) is 0 Å². The first-order chi connectivity index (χ1) is 34.7. The van der Waals surface area contributed by atoms with Gasteiger partial charge in [0.1, 0.15) is 11.6 Å². The van der Waals surface area contributed by atoms with Crippen LogP contribution in [-0.2, 0) is 0 Å². The molecule has 0 spiro atoms. The van der Waals surface area contributed by atoms with Crippen LogP contribution in [0.25, 0.3) is 122 Å². The van der Waals surface area contributed by atoms with Gasteiger partial charge in [0.15, 0.2) is 5.82 Å². The highest BCUT2D eigenvalue weighted by Crippen LogP contribution is 2.43. The maximum atomic E-state index is 10.1. The van der Waals surface area contributed by atoms with Gasteiger partial charge in [-0.3, -0.25) is 9.13 Å². The van der Waals surface area contributed by atoms with Crippen LogP contribution in [0.5, 0.6) is 0 Å². The minimum atomic E-state index is -0.380. The summed E-state index contributed by atoms with van der Waals surface area (Å²) < 4.78 is 74.3. The minimum absolute atomic E-state index is 0.127. The number of rotatable bonds is 5. The van der Waals surface area contributed by atoms with Crippen LogP contribution in [0.3, 0.4) is 0 Å². The van der Waals surface area contributed by atoms with Crippen LogP contribution in [0, 0.1) is 0 Å². The van der Waals surface area contributed by atoms with E-state index >= 15 is 0 Å². The largest absolute Gasteiger partial charge is 0.308 e. The first kappa shape index (κ1) is 28.7. The van der Waals surface area contributed by atoms with Crippen LogP contribution in [-0.4, -0.2) is 28.2 Å². The van der Waals surface area contributed by atoms with Gasteiger partial charge in [-0.2, -0.15) is 0 Å². The molecule has 0 aliphatic carbocycles. The second-order valence-corrected chi connectivity index (χ2v) is 16.0. The van der Waals surface area contributed by atoms with Gasteiger partial charge in [-0.05, 0) is 60.6 Å². The summed E-state index contributed by atoms with van der Waals surface area (Å²) in [6, 6.07) is 55.7. The van der Waals surface area contributed by atoms with Crippen LogP contribution in [0.1, 0.15) is 9.60 Å². The number of hydrogen-bond donors (Lipinski definition) is 0. The van der Waals surface area contributed by atoms with Crippen LogP contribution < -0.4 is 0 Å². The summed E-state index contributed by atoms with van der Waals surface area (Å²) in [6.07, 6.45) is 0. The highest BCUT2D eigenvalue weighted by molar-refractivity contribution is 6.13. The summed E-state index contributed by atoms with van der Waals surface area (Å²) in [4.78, 5) is 11.1. The average molecular weight is 824 g/mol. The molecule has 0 fully saturated rings. The molecule has 298 valence electrons. The molecule has 0 N–H and O–H groups in total. The molecule has 14 rings (SSSR count). The first-order valence-electron chi connectivity index (χ1n) is 24.7. The molecule has 0 saturated carbocycles. The van der Waals surface area contributed by atoms with Gasteiger partial charge in [0.2, 0.25) is 0 Å². The number of para-hydroxylation sites is 8. The Bertz CT molecular complexity index is 4340. The summed E-state index contributed by atoms with van der Waals surface area (Å²) in [6.45, 7) is 0. The van der Waals surface area contributed by atoms with Crippen molar-refractivity contribution >= 4 is 87.2 Å². The Morgan fingerprint density at radius 2 is 0.609 bits per heavy atom. The summed E-state index contributed by atoms with van der Waals surface area (Å²) in [7, 11) is 0. The monoisotopic (exact) mass is 823 g/mol. The van der Waals surface area contributed by atoms with Crippen molar-refractivity contribution in [2.24, 2.45) is 0 Å². The summed E-state index contributed by atoms with van der Waals surface area (Å²) in [5, 5.41) is 6.71. The van der Waals surface area contributed by atoms with Crippen molar-refractivity contribution in [3.63, 3.8) is 0 Å². The lowest BCUT2D eigenvalue weighted by Crippen LogP contribution is -2.10. The lowest BCUT2D eigenvalue weighted by Gasteiger charge is -2.20. The number of fused-ring (bicyclic) bond motifs is 12. The third-order valence-corrected chi connectivity index (χ3v) is 12.7. The molecule has 5 aromatic heterocycles. The van der Waals surface area contributed by atoms with Crippen molar-refractivity contribution in [3.05, 3.63) is 218 Å². The van der Waals surface area contributed by atoms with E-state index in [1.165, 1.54) is 0 Å². The smallest absolute Gasteiger partial charge is 0.168 e. The molecular formula is C58H36N6. The average Bonchev–Trinajstić information content (AvgIpc) is 4.15. The summed E-state index contributed by atoms with van der Waals surface area (Å²) >= 11 is 0. The van der Waals surface area contributed by atoms with Crippen molar-refractivity contribution in [2.45, 2.75) is 0 Å². The van der Waals surface area contributed by atoms with E-state index in [-0.39, 0.29) is 59.5 Å². The Morgan fingerprint density at radius 1 is 0.297 bits per heavy atom. The van der Waals surface area contributed by atoms with E-state index in [2.05, 4.69) is 16.7 Å². The number of hydrogen-bond acceptors (Lipinski definition) is 2. The van der Waals surface area contributed by atoms with Gasteiger partial charge < -0.3 is 9.13 Å². The maximum absolute atomic E-state index is 10.1. The highest BCUT2D eigenvalue weighted by Gasteiger charge is 2.26. The SMILES string of the molecule is [2H]c1c([2H])c(-n2c3ccccc3c3ccccc32)c(-c2nc(-n3c4ccccc4c4ccccc43)cc(-n3c4ccccc4c4c([2H])c([2H])c([2H])c([2H])c43)n2)c(-n2c3ccccc3c3ccccc32)c1[2H]. The predicted molar refractivity (Wildman–Crippen MR) is 265 cm³/mol. The molecule has 6 heteroatoms. The van der Waals surface area contributed by atoms with Crippen molar-refractivity contribution in [2.75, 3.05) is 0 Å². The van der Waals surface area contributed by atoms with Gasteiger partial charge in [0.25, 0.3) is 0 Å². The van der Waals surface area contributed by atoms with Gasteiger partial charge in [0.05, 0.1) is 70.7 Å². The zero-order chi connectivity index (χ0) is 48.0. The number of benzene rings is 9. The Kier molecular flexibility index (Phi) is 6.00. The van der Waals surface area contributed by atoms with Gasteiger partial charge in [0, 0.05) is 49.2 Å². The molecule has 0 atom stereocenters. The number of aromatic nitrogens is 6. The zero-order valence-electron chi connectivity index (χ0n) is 40.9. The molecule has 0 saturated heterocycles. The fraction of sp³-hybridized carbons (Fsp3) is 0. The van der Waals surface area contributed by atoms with E-state index < -0.39 is 0 Å². The predicted octanol–water partition coefficient (Wildman–Crippen LogP) is 14.5. The van der Waals surface area contributed by atoms with Crippen LogP contribution in [0.4, 0.5) is 0 Å². The molecule has 0 aliphatic heterocycles. The van der Waals surface area contributed by atoms with Crippen LogP contribution in [0.2, 0.25) is 0 Å². The van der Waals surface area contributed by atoms with E-state index in [1.807, 2.05) is 173 Å². The third kappa shape index (κ3) is 4.85. The highest BCUT2D eigenvalue weighted by atomic mass is 15.2. The Hall–Kier alpha value is -8.74. The molecule has 0 aliphatic rings. The van der Waals surface area contributed by atoms with Gasteiger partial charge in [-0.1, -0.05) is 152 Å². The van der Waals surface area contributed by atoms with Crippen LogP contribution in [0.15, 0.2) is 218 Å². The fourth-order valence-corrected chi connectivity index (χ4v) is 10.1. The molecule has 0 bridgehead atoms. The molecule has 0 unspecified atom stereocenters. The zero-order valence-corrected chi connectivity index (χ0v) is 33.9. The molecule has 0 amide bonds. The van der Waals surface area contributed by atoms with E-state index in [9.17, 15) is 6.85 Å². The van der Waals surface area contributed by atoms with Gasteiger partial charge in [-0.15, -0.1) is 0 Å². The van der Waals surface area contributed by atoms with Crippen LogP contribution >= 0.6 is 0 Å². The fourth-order valence-electron chi connectivity index (χ4n) is 10.1. The third-order valence-electron chi connectivity index (χ3n) is 12.7. The molecule has 64 heavy (non-hydrogen) atoms. The van der Waals surface area contributed by atoms with E-state index in [1.54, 1.807) is 4.57 Å². The quantitative estimate of drug-likeness (QED) is 0.174. The van der Waals surface area contributed by atoms with Gasteiger partial charge >= 0.3 is 0 Å². The number of nitrogens with zero attached hydrogens (tertiary/aromatic N) is 6. The molecule has 6 nitrogen and oxygen atoms in total. The second kappa shape index (κ2) is 13.4. The minimum Gasteiger partial charge on any atom is -0.308 e. The normalized spacial score (nSPS) is 13.6. The standard InChI is InChI=1S/C58H36N6/c1-9-26-45-37(18-1)38-19-2-10-27-46(38)61(45)53-34-17-35-54(62-47-28-11-3-20-39(47)40-21-4-12-29-48(40)62)57(53)58-59-55(63-49-30-13-5-22-41(49)42-23-6-14-31-50(42)63)36-56(60-58)64-51-32-15-7-24-43(51)44-25-8-16-33-52(44)64/h1-36H/i5D,13D,17D,22D,30D,34D,35D. The van der Waals surface area contributed by atoms with E-state index in [0.29, 0.717) is 39.0 Å². The molecule has 5 heterocycles.